The van der Waals surface area contributed by atoms with Crippen molar-refractivity contribution >= 4 is 19.4 Å². The number of ether oxygens (including phenoxy) is 1. The average Bonchev–Trinajstić information content (AvgIpc) is 2.44. The molecule has 1 heterocycles. The number of benzene rings is 1. The van der Waals surface area contributed by atoms with Crippen molar-refractivity contribution in [3.8, 4) is 0 Å². The van der Waals surface area contributed by atoms with Gasteiger partial charge in [-0.05, 0) is 0 Å². The van der Waals surface area contributed by atoms with Crippen molar-refractivity contribution in [2.24, 2.45) is 0 Å². The second kappa shape index (κ2) is 8.06. The number of hydrogen-bond donors (Lipinski definition) is 1. The summed E-state index contributed by atoms with van der Waals surface area (Å²) >= 11 is 0.443. The molecule has 3 atom stereocenters. The number of aliphatic hydroxyl groups excluding tert-OH is 1. The van der Waals surface area contributed by atoms with Gasteiger partial charge in [0, 0.05) is 0 Å². The standard InChI is InChI=1S/C16H24O2Se/c1-2-3-9-16(15-12-13(17)10-11-18-15)19-14-7-5-4-6-8-14/h4-8,13,15-17H,2-3,9-12H2,1H3/t13-,15-,16-/m1/s1. The Balaban J connectivity index is 1.98. The van der Waals surface area contributed by atoms with Crippen LogP contribution in [-0.2, 0) is 4.74 Å². The van der Waals surface area contributed by atoms with Gasteiger partial charge in [-0.1, -0.05) is 0 Å². The molecule has 0 aromatic heterocycles. The zero-order valence-corrected chi connectivity index (χ0v) is 13.3. The fraction of sp³-hybridized carbons (Fsp3) is 0.625. The van der Waals surface area contributed by atoms with E-state index in [9.17, 15) is 5.11 Å². The van der Waals surface area contributed by atoms with Gasteiger partial charge in [0.25, 0.3) is 0 Å². The molecule has 1 aliphatic heterocycles. The van der Waals surface area contributed by atoms with Crippen molar-refractivity contribution in [3.63, 3.8) is 0 Å². The molecule has 0 amide bonds. The first-order valence-corrected chi connectivity index (χ1v) is 9.15. The molecule has 106 valence electrons. The third-order valence-corrected chi connectivity index (χ3v) is 6.48. The van der Waals surface area contributed by atoms with Gasteiger partial charge in [-0.3, -0.25) is 0 Å². The van der Waals surface area contributed by atoms with Crippen LogP contribution in [0, 0.1) is 0 Å². The van der Waals surface area contributed by atoms with E-state index in [0.29, 0.717) is 19.8 Å². The third kappa shape index (κ3) is 4.92. The van der Waals surface area contributed by atoms with Crippen molar-refractivity contribution < 1.29 is 9.84 Å². The first-order valence-electron chi connectivity index (χ1n) is 7.31. The van der Waals surface area contributed by atoms with Crippen LogP contribution in [0.3, 0.4) is 0 Å². The molecule has 3 heteroatoms. The van der Waals surface area contributed by atoms with Crippen molar-refractivity contribution in [3.05, 3.63) is 30.3 Å². The molecule has 0 spiro atoms. The minimum absolute atomic E-state index is 0.158. The number of hydrogen-bond acceptors (Lipinski definition) is 2. The zero-order chi connectivity index (χ0) is 13.5. The molecule has 2 rings (SSSR count). The second-order valence-corrected chi connectivity index (χ2v) is 7.95. The summed E-state index contributed by atoms with van der Waals surface area (Å²) in [5.41, 5.74) is 0. The SMILES string of the molecule is CCCC[C@@H]([Se]c1ccccc1)[C@H]1C[C@H](O)CCO1. The zero-order valence-electron chi connectivity index (χ0n) is 11.6. The van der Waals surface area contributed by atoms with Crippen LogP contribution in [0.1, 0.15) is 39.0 Å². The molecule has 0 saturated carbocycles. The first-order chi connectivity index (χ1) is 9.29. The fourth-order valence-electron chi connectivity index (χ4n) is 2.47. The maximum atomic E-state index is 9.85. The number of unbranched alkanes of at least 4 members (excludes halogenated alkanes) is 1. The van der Waals surface area contributed by atoms with Crippen molar-refractivity contribution in [2.75, 3.05) is 6.61 Å². The van der Waals surface area contributed by atoms with E-state index in [1.165, 1.54) is 23.7 Å². The van der Waals surface area contributed by atoms with Crippen LogP contribution in [0.4, 0.5) is 0 Å². The van der Waals surface area contributed by atoms with Crippen LogP contribution < -0.4 is 4.46 Å². The molecule has 0 bridgehead atoms. The van der Waals surface area contributed by atoms with Gasteiger partial charge < -0.3 is 0 Å². The first kappa shape index (κ1) is 15.1. The Morgan fingerprint density at radius 1 is 1.37 bits per heavy atom. The van der Waals surface area contributed by atoms with E-state index in [2.05, 4.69) is 37.3 Å². The van der Waals surface area contributed by atoms with Gasteiger partial charge >= 0.3 is 122 Å². The molecule has 0 radical (unpaired) electrons. The van der Waals surface area contributed by atoms with Gasteiger partial charge in [-0.15, -0.1) is 0 Å². The third-order valence-electron chi connectivity index (χ3n) is 3.57. The Morgan fingerprint density at radius 3 is 2.84 bits per heavy atom. The Hall–Kier alpha value is -0.341. The van der Waals surface area contributed by atoms with Crippen LogP contribution in [0.15, 0.2) is 30.3 Å². The van der Waals surface area contributed by atoms with Gasteiger partial charge in [-0.25, -0.2) is 0 Å². The molecule has 1 N–H and O–H groups in total. The summed E-state index contributed by atoms with van der Waals surface area (Å²) in [6, 6.07) is 10.7. The molecule has 1 aromatic rings. The van der Waals surface area contributed by atoms with Crippen LogP contribution >= 0.6 is 0 Å². The minimum atomic E-state index is -0.158. The molecule has 0 unspecified atom stereocenters. The normalized spacial score (nSPS) is 25.2. The fourth-order valence-corrected chi connectivity index (χ4v) is 5.17. The van der Waals surface area contributed by atoms with Gasteiger partial charge in [0.1, 0.15) is 0 Å². The Bertz CT molecular complexity index is 355. The summed E-state index contributed by atoms with van der Waals surface area (Å²) in [5, 5.41) is 9.85. The van der Waals surface area contributed by atoms with E-state index in [-0.39, 0.29) is 12.2 Å². The van der Waals surface area contributed by atoms with E-state index in [1.54, 1.807) is 0 Å². The Kier molecular flexibility index (Phi) is 6.39. The van der Waals surface area contributed by atoms with Gasteiger partial charge in [0.05, 0.1) is 0 Å². The Morgan fingerprint density at radius 2 is 2.16 bits per heavy atom. The number of rotatable bonds is 6. The second-order valence-electron chi connectivity index (χ2n) is 5.20. The molecular formula is C16H24O2Se. The molecule has 19 heavy (non-hydrogen) atoms. The molecule has 1 fully saturated rings. The Labute approximate surface area is 122 Å². The summed E-state index contributed by atoms with van der Waals surface area (Å²) in [7, 11) is 0. The maximum absolute atomic E-state index is 9.85. The van der Waals surface area contributed by atoms with Crippen molar-refractivity contribution in [2.45, 2.75) is 56.1 Å². The summed E-state index contributed by atoms with van der Waals surface area (Å²) in [4.78, 5) is 0.602. The molecule has 1 aromatic carbocycles. The molecule has 0 aliphatic carbocycles. The van der Waals surface area contributed by atoms with E-state index in [1.807, 2.05) is 0 Å². The van der Waals surface area contributed by atoms with Crippen LogP contribution in [0.25, 0.3) is 0 Å². The van der Waals surface area contributed by atoms with E-state index < -0.39 is 0 Å². The molecular weight excluding hydrogens is 303 g/mol. The number of aliphatic hydroxyl groups is 1. The van der Waals surface area contributed by atoms with Crippen LogP contribution in [-0.4, -0.2) is 38.9 Å². The van der Waals surface area contributed by atoms with Crippen LogP contribution in [0.5, 0.6) is 0 Å². The summed E-state index contributed by atoms with van der Waals surface area (Å²) in [6.07, 6.45) is 5.44. The van der Waals surface area contributed by atoms with Gasteiger partial charge in [0.2, 0.25) is 0 Å². The average molecular weight is 327 g/mol. The monoisotopic (exact) mass is 328 g/mol. The quantitative estimate of drug-likeness (QED) is 0.814. The summed E-state index contributed by atoms with van der Waals surface area (Å²) in [5.74, 6) is 0. The van der Waals surface area contributed by atoms with Crippen molar-refractivity contribution in [1.29, 1.82) is 0 Å². The van der Waals surface area contributed by atoms with Gasteiger partial charge in [-0.2, -0.15) is 0 Å². The summed E-state index contributed by atoms with van der Waals surface area (Å²) < 4.78 is 7.38. The summed E-state index contributed by atoms with van der Waals surface area (Å²) in [6.45, 7) is 2.96. The topological polar surface area (TPSA) is 29.5 Å². The van der Waals surface area contributed by atoms with Gasteiger partial charge in [0.15, 0.2) is 0 Å². The molecule has 1 saturated heterocycles. The molecule has 2 nitrogen and oxygen atoms in total. The molecule has 1 aliphatic rings. The predicted molar refractivity (Wildman–Crippen MR) is 80.1 cm³/mol. The van der Waals surface area contributed by atoms with E-state index >= 15 is 0 Å². The van der Waals surface area contributed by atoms with E-state index in [0.717, 1.165) is 19.4 Å². The predicted octanol–water partition coefficient (Wildman–Crippen LogP) is 2.53. The van der Waals surface area contributed by atoms with Crippen LogP contribution in [0.2, 0.25) is 4.82 Å². The van der Waals surface area contributed by atoms with E-state index in [4.69, 9.17) is 4.74 Å². The van der Waals surface area contributed by atoms with Crippen molar-refractivity contribution in [1.82, 2.24) is 0 Å².